The lowest BCUT2D eigenvalue weighted by Crippen LogP contribution is -2.27. The molecule has 1 saturated heterocycles. The summed E-state index contributed by atoms with van der Waals surface area (Å²) in [6, 6.07) is 6.45. The first kappa shape index (κ1) is 8.89. The Hall–Kier alpha value is -0.380. The first-order chi connectivity index (χ1) is 6.80. The predicted octanol–water partition coefficient (Wildman–Crippen LogP) is 2.17. The van der Waals surface area contributed by atoms with Crippen molar-refractivity contribution >= 4 is 15.9 Å². The molecule has 0 aromatic heterocycles. The Labute approximate surface area is 91.8 Å². The van der Waals surface area contributed by atoms with Crippen LogP contribution in [0.5, 0.6) is 0 Å². The van der Waals surface area contributed by atoms with Gasteiger partial charge in [-0.05, 0) is 36.2 Å². The fourth-order valence-electron chi connectivity index (χ4n) is 2.41. The summed E-state index contributed by atoms with van der Waals surface area (Å²) in [6.45, 7) is 2.78. The Balaban J connectivity index is 2.12. The van der Waals surface area contributed by atoms with Crippen LogP contribution in [0.4, 0.5) is 0 Å². The van der Waals surface area contributed by atoms with Gasteiger partial charge in [0.25, 0.3) is 0 Å². The highest BCUT2D eigenvalue weighted by Gasteiger charge is 2.42. The highest BCUT2D eigenvalue weighted by atomic mass is 79.9. The maximum absolute atomic E-state index is 5.94. The molecule has 2 nitrogen and oxygen atoms in total. The zero-order valence-electron chi connectivity index (χ0n) is 7.85. The van der Waals surface area contributed by atoms with Crippen LogP contribution in [-0.4, -0.2) is 13.1 Å². The number of rotatable bonds is 0. The number of benzene rings is 1. The van der Waals surface area contributed by atoms with Crippen LogP contribution in [0, 0.1) is 0 Å². The molecule has 14 heavy (non-hydrogen) atoms. The van der Waals surface area contributed by atoms with Crippen molar-refractivity contribution in [3.8, 4) is 0 Å². The monoisotopic (exact) mass is 253 g/mol. The summed E-state index contributed by atoms with van der Waals surface area (Å²) in [4.78, 5) is 0. The summed E-state index contributed by atoms with van der Waals surface area (Å²) in [7, 11) is 0. The largest absolute Gasteiger partial charge is 0.364 e. The second-order valence-electron chi connectivity index (χ2n) is 4.01. The summed E-state index contributed by atoms with van der Waals surface area (Å²) in [5.41, 5.74) is 2.69. The van der Waals surface area contributed by atoms with Crippen LogP contribution in [-0.2, 0) is 16.9 Å². The molecule has 3 heteroatoms. The van der Waals surface area contributed by atoms with E-state index in [0.717, 1.165) is 30.6 Å². The van der Waals surface area contributed by atoms with Crippen molar-refractivity contribution in [2.45, 2.75) is 18.6 Å². The molecule has 0 bridgehead atoms. The highest BCUT2D eigenvalue weighted by molar-refractivity contribution is 9.10. The third kappa shape index (κ3) is 1.16. The van der Waals surface area contributed by atoms with Gasteiger partial charge in [-0.1, -0.05) is 22.0 Å². The van der Waals surface area contributed by atoms with Crippen molar-refractivity contribution in [3.05, 3.63) is 33.8 Å². The van der Waals surface area contributed by atoms with Crippen LogP contribution in [0.1, 0.15) is 17.5 Å². The van der Waals surface area contributed by atoms with Crippen molar-refractivity contribution in [1.29, 1.82) is 0 Å². The lowest BCUT2D eigenvalue weighted by Gasteiger charge is -2.22. The van der Waals surface area contributed by atoms with Gasteiger partial charge in [0.15, 0.2) is 0 Å². The molecular formula is C11H12BrNO. The molecule has 1 spiro atoms. The van der Waals surface area contributed by atoms with Crippen molar-refractivity contribution in [1.82, 2.24) is 5.32 Å². The average Bonchev–Trinajstić information content (AvgIpc) is 2.77. The maximum Gasteiger partial charge on any atom is 0.108 e. The van der Waals surface area contributed by atoms with Gasteiger partial charge in [-0.3, -0.25) is 0 Å². The lowest BCUT2D eigenvalue weighted by molar-refractivity contribution is -0.0218. The molecule has 2 aliphatic rings. The minimum absolute atomic E-state index is 0.0287. The Bertz CT molecular complexity index is 372. The van der Waals surface area contributed by atoms with Gasteiger partial charge in [0, 0.05) is 11.0 Å². The third-order valence-corrected chi connectivity index (χ3v) is 3.68. The zero-order valence-corrected chi connectivity index (χ0v) is 9.43. The van der Waals surface area contributed by atoms with Crippen LogP contribution in [0.2, 0.25) is 0 Å². The van der Waals surface area contributed by atoms with Crippen LogP contribution in [0.15, 0.2) is 22.7 Å². The number of halogens is 1. The first-order valence-electron chi connectivity index (χ1n) is 4.94. The number of hydrogen-bond acceptors (Lipinski definition) is 2. The predicted molar refractivity (Wildman–Crippen MR) is 58.1 cm³/mol. The molecule has 1 unspecified atom stereocenters. The van der Waals surface area contributed by atoms with Crippen molar-refractivity contribution in [2.75, 3.05) is 13.1 Å². The van der Waals surface area contributed by atoms with Gasteiger partial charge in [0.05, 0.1) is 6.61 Å². The van der Waals surface area contributed by atoms with Crippen LogP contribution in [0.3, 0.4) is 0 Å². The second-order valence-corrected chi connectivity index (χ2v) is 4.93. The van der Waals surface area contributed by atoms with E-state index in [0.29, 0.717) is 0 Å². The number of nitrogens with one attached hydrogen (secondary N) is 1. The van der Waals surface area contributed by atoms with Gasteiger partial charge in [0.2, 0.25) is 0 Å². The maximum atomic E-state index is 5.94. The fourth-order valence-corrected chi connectivity index (χ4v) is 2.78. The van der Waals surface area contributed by atoms with E-state index < -0.39 is 0 Å². The van der Waals surface area contributed by atoms with E-state index in [9.17, 15) is 0 Å². The SMILES string of the molecule is Brc1ccc2c(c1)C1(CCNC1)OC2. The lowest BCUT2D eigenvalue weighted by atomic mass is 9.92. The van der Waals surface area contributed by atoms with E-state index in [1.165, 1.54) is 11.1 Å². The van der Waals surface area contributed by atoms with E-state index in [2.05, 4.69) is 39.4 Å². The smallest absolute Gasteiger partial charge is 0.108 e. The molecule has 3 rings (SSSR count). The molecule has 0 saturated carbocycles. The number of fused-ring (bicyclic) bond motifs is 2. The molecule has 1 fully saturated rings. The highest BCUT2D eigenvalue weighted by Crippen LogP contribution is 2.41. The van der Waals surface area contributed by atoms with Gasteiger partial charge in [0.1, 0.15) is 5.60 Å². The van der Waals surface area contributed by atoms with E-state index in [-0.39, 0.29) is 5.60 Å². The standard InChI is InChI=1S/C11H12BrNO/c12-9-2-1-8-6-14-11(10(8)5-9)3-4-13-7-11/h1-2,5,13H,3-4,6-7H2. The summed E-state index contributed by atoms with van der Waals surface area (Å²) >= 11 is 3.52. The summed E-state index contributed by atoms with van der Waals surface area (Å²) in [5.74, 6) is 0. The Morgan fingerprint density at radius 3 is 3.14 bits per heavy atom. The average molecular weight is 254 g/mol. The molecule has 1 aromatic rings. The van der Waals surface area contributed by atoms with E-state index in [4.69, 9.17) is 4.74 Å². The normalized spacial score (nSPS) is 29.8. The van der Waals surface area contributed by atoms with Gasteiger partial charge >= 0.3 is 0 Å². The third-order valence-electron chi connectivity index (χ3n) is 3.18. The molecule has 2 aliphatic heterocycles. The second kappa shape index (κ2) is 3.05. The molecule has 1 atom stereocenters. The Morgan fingerprint density at radius 1 is 1.43 bits per heavy atom. The molecule has 0 amide bonds. The first-order valence-corrected chi connectivity index (χ1v) is 5.73. The molecule has 0 radical (unpaired) electrons. The minimum atomic E-state index is -0.0287. The van der Waals surface area contributed by atoms with E-state index >= 15 is 0 Å². The summed E-state index contributed by atoms with van der Waals surface area (Å²) < 4.78 is 7.09. The van der Waals surface area contributed by atoms with E-state index in [1.807, 2.05) is 0 Å². The molecule has 0 aliphatic carbocycles. The van der Waals surface area contributed by atoms with Gasteiger partial charge in [-0.2, -0.15) is 0 Å². The molecule has 1 N–H and O–H groups in total. The Kier molecular flexibility index (Phi) is 1.94. The number of hydrogen-bond donors (Lipinski definition) is 1. The van der Waals surface area contributed by atoms with Gasteiger partial charge in [-0.15, -0.1) is 0 Å². The minimum Gasteiger partial charge on any atom is -0.364 e. The number of ether oxygens (including phenoxy) is 1. The van der Waals surface area contributed by atoms with Crippen molar-refractivity contribution in [2.24, 2.45) is 0 Å². The Morgan fingerprint density at radius 2 is 2.36 bits per heavy atom. The molecule has 1 aromatic carbocycles. The fraction of sp³-hybridized carbons (Fsp3) is 0.455. The molecular weight excluding hydrogens is 242 g/mol. The van der Waals surface area contributed by atoms with Crippen LogP contribution < -0.4 is 5.32 Å². The van der Waals surface area contributed by atoms with E-state index in [1.54, 1.807) is 0 Å². The quantitative estimate of drug-likeness (QED) is 0.766. The summed E-state index contributed by atoms with van der Waals surface area (Å²) in [5, 5.41) is 3.38. The van der Waals surface area contributed by atoms with Crippen LogP contribution >= 0.6 is 15.9 Å². The topological polar surface area (TPSA) is 21.3 Å². The van der Waals surface area contributed by atoms with Crippen LogP contribution in [0.25, 0.3) is 0 Å². The van der Waals surface area contributed by atoms with Gasteiger partial charge < -0.3 is 10.1 Å². The van der Waals surface area contributed by atoms with Gasteiger partial charge in [-0.25, -0.2) is 0 Å². The van der Waals surface area contributed by atoms with Crippen molar-refractivity contribution < 1.29 is 4.74 Å². The zero-order chi connectivity index (χ0) is 9.60. The molecule has 2 heterocycles. The summed E-state index contributed by atoms with van der Waals surface area (Å²) in [6.07, 6.45) is 1.09. The van der Waals surface area contributed by atoms with Crippen molar-refractivity contribution in [3.63, 3.8) is 0 Å². The molecule has 74 valence electrons.